The van der Waals surface area contributed by atoms with Gasteiger partial charge in [-0.15, -0.1) is 0 Å². The molecule has 2 heterocycles. The average Bonchev–Trinajstić information content (AvgIpc) is 3.20. The summed E-state index contributed by atoms with van der Waals surface area (Å²) in [7, 11) is -7.96. The molecular weight excluding hydrogens is 915 g/mol. The van der Waals surface area contributed by atoms with E-state index in [0.29, 0.717) is 0 Å². The fourth-order valence-electron chi connectivity index (χ4n) is 10.2. The predicted octanol–water partition coefficient (Wildman–Crippen LogP) is 18.4. The second-order valence-corrected chi connectivity index (χ2v) is 33.9. The monoisotopic (exact) mass is 1010 g/mol. The number of hydrogen-bond acceptors (Lipinski definition) is 6. The third-order valence-corrected chi connectivity index (χ3v) is 19.3. The van der Waals surface area contributed by atoms with Crippen molar-refractivity contribution in [3.05, 3.63) is 140 Å². The molecule has 0 bridgehead atoms. The summed E-state index contributed by atoms with van der Waals surface area (Å²) < 4.78 is 59.8. The second kappa shape index (κ2) is 18.8. The maximum absolute atomic E-state index is 16.2. The summed E-state index contributed by atoms with van der Waals surface area (Å²) in [5, 5.41) is 0. The van der Waals surface area contributed by atoms with E-state index in [4.69, 9.17) is 18.1 Å². The maximum Gasteiger partial charge on any atom is 0.342 e. The highest BCUT2D eigenvalue weighted by Gasteiger charge is 2.55. The van der Waals surface area contributed by atoms with Crippen LogP contribution >= 0.6 is 15.2 Å². The lowest BCUT2D eigenvalue weighted by Crippen LogP contribution is -2.46. The van der Waals surface area contributed by atoms with Gasteiger partial charge in [-0.3, -0.25) is 9.13 Å². The first-order valence-electron chi connectivity index (χ1n) is 26.3. The Morgan fingerprint density at radius 3 is 0.662 bits per heavy atom. The van der Waals surface area contributed by atoms with Crippen LogP contribution in [0.15, 0.2) is 72.8 Å². The van der Waals surface area contributed by atoms with Gasteiger partial charge in [0.1, 0.15) is 11.3 Å². The van der Waals surface area contributed by atoms with Gasteiger partial charge in [-0.25, -0.2) is 0 Å². The number of rotatable bonds is 6. The number of benzene rings is 4. The molecule has 0 saturated carbocycles. The van der Waals surface area contributed by atoms with Crippen molar-refractivity contribution in [2.45, 2.75) is 221 Å². The first kappa shape index (κ1) is 57.5. The summed E-state index contributed by atoms with van der Waals surface area (Å²) in [6.07, 6.45) is 0. The van der Waals surface area contributed by atoms with E-state index in [-0.39, 0.29) is 69.7 Å². The van der Waals surface area contributed by atoms with Crippen LogP contribution in [0.3, 0.4) is 0 Å². The van der Waals surface area contributed by atoms with Gasteiger partial charge in [0.2, 0.25) is 0 Å². The minimum atomic E-state index is -3.98. The highest BCUT2D eigenvalue weighted by Crippen LogP contribution is 2.72. The first-order chi connectivity index (χ1) is 31.9. The molecule has 0 aromatic heterocycles. The van der Waals surface area contributed by atoms with Gasteiger partial charge in [-0.05, 0) is 110 Å². The van der Waals surface area contributed by atoms with Crippen molar-refractivity contribution in [1.82, 2.24) is 0 Å². The van der Waals surface area contributed by atoms with Crippen LogP contribution in [-0.2, 0) is 70.5 Å². The standard InChI is InChI=1S/C63H94O6P2/c1-55(2,3)41-25-29-45(49(33-41)59(13,14)15)53(46-30-26-42(56(4,5)6)34-50(46)60(16,17)18)70(64)66-37-63(38-67-70)39-68-71(65,69-40-63)54(47-31-27-43(57(7,8)9)35-51(47)61(19,20)21)48-32-28-44(58(10,11)12)36-52(48)62(22,23)24/h25-36,53-54H,37-40H2,1-24H3. The molecule has 1 spiro atoms. The van der Waals surface area contributed by atoms with Crippen LogP contribution in [0.25, 0.3) is 0 Å². The summed E-state index contributed by atoms with van der Waals surface area (Å²) in [6.45, 7) is 53.8. The van der Waals surface area contributed by atoms with Crippen LogP contribution in [0.4, 0.5) is 0 Å². The van der Waals surface area contributed by atoms with Crippen molar-refractivity contribution >= 4 is 15.2 Å². The SMILES string of the molecule is CC(C)(C)c1ccc(C(c2ccc(C(C)(C)C)cc2C(C)(C)C)P2(=O)OCC3(CO2)COP(=O)(C(c2ccc(C(C)(C)C)cc2C(C)(C)C)c2ccc(C(C)(C)C)cc2C(C)(C)C)OC3)c(C(C)(C)C)c1. The highest BCUT2D eigenvalue weighted by atomic mass is 31.2. The van der Waals surface area contributed by atoms with Gasteiger partial charge >= 0.3 is 15.2 Å². The van der Waals surface area contributed by atoms with E-state index in [0.717, 1.165) is 44.5 Å². The van der Waals surface area contributed by atoms with Crippen molar-refractivity contribution in [2.75, 3.05) is 26.4 Å². The molecule has 2 aliphatic rings. The zero-order valence-electron chi connectivity index (χ0n) is 48.8. The maximum atomic E-state index is 16.2. The third-order valence-electron chi connectivity index (χ3n) is 14.9. The Labute approximate surface area is 432 Å². The van der Waals surface area contributed by atoms with Crippen LogP contribution in [0, 0.1) is 5.41 Å². The predicted molar refractivity (Wildman–Crippen MR) is 301 cm³/mol. The van der Waals surface area contributed by atoms with Gasteiger partial charge in [0.15, 0.2) is 0 Å². The Morgan fingerprint density at radius 2 is 0.507 bits per heavy atom. The molecule has 0 atom stereocenters. The summed E-state index contributed by atoms with van der Waals surface area (Å²) >= 11 is 0. The van der Waals surface area contributed by atoms with Gasteiger partial charge in [0.25, 0.3) is 0 Å². The molecule has 4 aromatic rings. The van der Waals surface area contributed by atoms with Crippen LogP contribution in [0.2, 0.25) is 0 Å². The first-order valence-corrected chi connectivity index (χ1v) is 29.5. The molecule has 71 heavy (non-hydrogen) atoms. The molecular formula is C63H94O6P2. The summed E-state index contributed by atoms with van der Waals surface area (Å²) in [5.74, 6) is 0. The summed E-state index contributed by atoms with van der Waals surface area (Å²) in [6, 6.07) is 26.7. The minimum Gasteiger partial charge on any atom is -0.307 e. The van der Waals surface area contributed by atoms with E-state index in [2.05, 4.69) is 239 Å². The van der Waals surface area contributed by atoms with E-state index in [9.17, 15) is 0 Å². The van der Waals surface area contributed by atoms with E-state index < -0.39 is 31.9 Å². The van der Waals surface area contributed by atoms with Gasteiger partial charge in [-0.2, -0.15) is 0 Å². The van der Waals surface area contributed by atoms with E-state index in [1.165, 1.54) is 22.3 Å². The molecule has 0 radical (unpaired) electrons. The van der Waals surface area contributed by atoms with Crippen LogP contribution in [-0.4, -0.2) is 26.4 Å². The van der Waals surface area contributed by atoms with Crippen LogP contribution in [0.1, 0.15) is 244 Å². The topological polar surface area (TPSA) is 71.1 Å². The van der Waals surface area contributed by atoms with Crippen molar-refractivity contribution in [3.63, 3.8) is 0 Å². The fourth-order valence-corrected chi connectivity index (χ4v) is 15.0. The lowest BCUT2D eigenvalue weighted by atomic mass is 9.74. The molecule has 392 valence electrons. The van der Waals surface area contributed by atoms with Crippen LogP contribution in [0.5, 0.6) is 0 Å². The summed E-state index contributed by atoms with van der Waals surface area (Å²) in [4.78, 5) is 0. The van der Waals surface area contributed by atoms with E-state index >= 15 is 9.13 Å². The van der Waals surface area contributed by atoms with Crippen molar-refractivity contribution < 1.29 is 27.2 Å². The number of hydrogen-bond donors (Lipinski definition) is 0. The molecule has 2 aliphatic heterocycles. The molecule has 0 amide bonds. The van der Waals surface area contributed by atoms with Gasteiger partial charge < -0.3 is 18.1 Å². The molecule has 8 heteroatoms. The molecule has 4 aromatic carbocycles. The molecule has 0 aliphatic carbocycles. The van der Waals surface area contributed by atoms with Crippen molar-refractivity contribution in [1.29, 1.82) is 0 Å². The second-order valence-electron chi connectivity index (χ2n) is 29.7. The molecule has 2 fully saturated rings. The average molecular weight is 1010 g/mol. The van der Waals surface area contributed by atoms with Gasteiger partial charge in [-0.1, -0.05) is 239 Å². The Balaban J connectivity index is 1.47. The molecule has 0 N–H and O–H groups in total. The Kier molecular flexibility index (Phi) is 15.2. The van der Waals surface area contributed by atoms with Gasteiger partial charge in [0.05, 0.1) is 31.8 Å². The molecule has 2 saturated heterocycles. The fraction of sp³-hybridized carbons (Fsp3) is 0.619. The van der Waals surface area contributed by atoms with E-state index in [1.54, 1.807) is 0 Å². The quantitative estimate of drug-likeness (QED) is 0.179. The summed E-state index contributed by atoms with van der Waals surface area (Å²) in [5.41, 5.74) is 9.26. The zero-order chi connectivity index (χ0) is 53.7. The van der Waals surface area contributed by atoms with Crippen molar-refractivity contribution in [3.8, 4) is 0 Å². The van der Waals surface area contributed by atoms with Crippen LogP contribution < -0.4 is 0 Å². The Morgan fingerprint density at radius 1 is 0.324 bits per heavy atom. The van der Waals surface area contributed by atoms with Crippen molar-refractivity contribution in [2.24, 2.45) is 5.41 Å². The third kappa shape index (κ3) is 12.2. The lowest BCUT2D eigenvalue weighted by molar-refractivity contribution is -0.0703. The zero-order valence-corrected chi connectivity index (χ0v) is 50.5. The Hall–Kier alpha value is -2.82. The normalized spacial score (nSPS) is 22.5. The molecule has 6 nitrogen and oxygen atoms in total. The lowest BCUT2D eigenvalue weighted by Gasteiger charge is -2.46. The largest absolute Gasteiger partial charge is 0.342 e. The Bertz CT molecular complexity index is 2340. The highest BCUT2D eigenvalue weighted by molar-refractivity contribution is 7.55. The molecule has 0 unspecified atom stereocenters. The van der Waals surface area contributed by atoms with E-state index in [1.807, 2.05) is 0 Å². The minimum absolute atomic E-state index is 0.0579. The van der Waals surface area contributed by atoms with Gasteiger partial charge in [0, 0.05) is 0 Å². The smallest absolute Gasteiger partial charge is 0.307 e. The molecule has 6 rings (SSSR count).